The minimum Gasteiger partial charge on any atom is -0.397 e. The van der Waals surface area contributed by atoms with Gasteiger partial charge in [-0.1, -0.05) is 18.2 Å². The highest BCUT2D eigenvalue weighted by Crippen LogP contribution is 2.31. The third-order valence-corrected chi connectivity index (χ3v) is 4.24. The molecule has 0 spiro atoms. The van der Waals surface area contributed by atoms with Gasteiger partial charge in [-0.05, 0) is 18.2 Å². The number of pyridine rings is 1. The summed E-state index contributed by atoms with van der Waals surface area (Å²) in [5.74, 6) is -0.664. The Morgan fingerprint density at radius 2 is 2.10 bits per heavy atom. The maximum absolute atomic E-state index is 13.5. The molecule has 2 aromatic heterocycles. The van der Waals surface area contributed by atoms with E-state index in [1.807, 2.05) is 6.07 Å². The molecule has 1 amide bonds. The molecule has 0 radical (unpaired) electrons. The minimum absolute atomic E-state index is 0.118. The van der Waals surface area contributed by atoms with Crippen LogP contribution in [0, 0.1) is 5.82 Å². The van der Waals surface area contributed by atoms with Gasteiger partial charge in [0, 0.05) is 23.7 Å². The van der Waals surface area contributed by atoms with E-state index in [0.717, 1.165) is 5.39 Å². The molecule has 4 nitrogen and oxygen atoms in total. The van der Waals surface area contributed by atoms with Crippen LogP contribution in [0.15, 0.2) is 42.6 Å². The lowest BCUT2D eigenvalue weighted by atomic mass is 10.2. The maximum atomic E-state index is 13.5. The molecule has 106 valence electrons. The second-order valence-corrected chi connectivity index (χ2v) is 5.47. The Morgan fingerprint density at radius 3 is 2.86 bits per heavy atom. The Morgan fingerprint density at radius 1 is 1.29 bits per heavy atom. The van der Waals surface area contributed by atoms with E-state index in [4.69, 9.17) is 5.73 Å². The Kier molecular flexibility index (Phi) is 3.53. The number of thiophene rings is 1. The van der Waals surface area contributed by atoms with E-state index in [0.29, 0.717) is 21.0 Å². The van der Waals surface area contributed by atoms with Crippen molar-refractivity contribution in [2.24, 2.45) is 0 Å². The monoisotopic (exact) mass is 301 g/mol. The molecular formula is C15H12FN3OS. The van der Waals surface area contributed by atoms with Crippen LogP contribution in [0.3, 0.4) is 0 Å². The Labute approximate surface area is 124 Å². The highest BCUT2D eigenvalue weighted by molar-refractivity contribution is 7.21. The maximum Gasteiger partial charge on any atom is 0.263 e. The van der Waals surface area contributed by atoms with Gasteiger partial charge in [-0.15, -0.1) is 11.3 Å². The van der Waals surface area contributed by atoms with Crippen LogP contribution in [0.1, 0.15) is 15.2 Å². The molecule has 0 aliphatic rings. The molecule has 0 fully saturated rings. The molecule has 0 unspecified atom stereocenters. The van der Waals surface area contributed by atoms with Gasteiger partial charge in [-0.3, -0.25) is 4.79 Å². The number of nitrogens with one attached hydrogen (secondary N) is 1. The van der Waals surface area contributed by atoms with E-state index in [2.05, 4.69) is 10.3 Å². The molecule has 6 heteroatoms. The first-order valence-electron chi connectivity index (χ1n) is 6.31. The number of nitrogens with two attached hydrogens (primary N) is 1. The Bertz CT molecular complexity index is 816. The molecule has 1 aromatic carbocycles. The molecular weight excluding hydrogens is 289 g/mol. The fourth-order valence-corrected chi connectivity index (χ4v) is 3.00. The predicted octanol–water partition coefficient (Wildman–Crippen LogP) is 2.95. The highest BCUT2D eigenvalue weighted by Gasteiger charge is 2.16. The SMILES string of the molecule is Nc1c(C(=O)NCc2ccccc2F)sc2ncccc12. The lowest BCUT2D eigenvalue weighted by Crippen LogP contribution is -2.23. The molecule has 0 aliphatic carbocycles. The summed E-state index contributed by atoms with van der Waals surface area (Å²) in [6, 6.07) is 9.91. The standard InChI is InChI=1S/C15H12FN3OS/c16-11-6-2-1-4-9(11)8-19-14(20)13-12(17)10-5-3-7-18-15(10)21-13/h1-7H,8,17H2,(H,19,20). The number of aromatic nitrogens is 1. The number of hydrogen-bond donors (Lipinski definition) is 2. The van der Waals surface area contributed by atoms with Crippen molar-refractivity contribution in [1.29, 1.82) is 0 Å². The number of anilines is 1. The zero-order valence-corrected chi connectivity index (χ0v) is 11.8. The quantitative estimate of drug-likeness (QED) is 0.781. The Hall–Kier alpha value is -2.47. The number of fused-ring (bicyclic) bond motifs is 1. The first-order valence-corrected chi connectivity index (χ1v) is 7.13. The van der Waals surface area contributed by atoms with Crippen LogP contribution in [0.4, 0.5) is 10.1 Å². The number of benzene rings is 1. The fraction of sp³-hybridized carbons (Fsp3) is 0.0667. The van der Waals surface area contributed by atoms with Gasteiger partial charge >= 0.3 is 0 Å². The van der Waals surface area contributed by atoms with Crippen molar-refractivity contribution < 1.29 is 9.18 Å². The summed E-state index contributed by atoms with van der Waals surface area (Å²) in [7, 11) is 0. The zero-order chi connectivity index (χ0) is 14.8. The van der Waals surface area contributed by atoms with Crippen LogP contribution in [0.25, 0.3) is 10.2 Å². The third-order valence-electron chi connectivity index (χ3n) is 3.11. The van der Waals surface area contributed by atoms with E-state index in [9.17, 15) is 9.18 Å². The number of carbonyl (C=O) groups is 1. The van der Waals surface area contributed by atoms with Crippen molar-refractivity contribution in [3.8, 4) is 0 Å². The molecule has 0 saturated heterocycles. The zero-order valence-electron chi connectivity index (χ0n) is 11.0. The van der Waals surface area contributed by atoms with Gasteiger partial charge in [0.25, 0.3) is 5.91 Å². The molecule has 2 heterocycles. The van der Waals surface area contributed by atoms with Crippen LogP contribution < -0.4 is 11.1 Å². The summed E-state index contributed by atoms with van der Waals surface area (Å²) in [4.78, 5) is 17.5. The molecule has 3 aromatic rings. The van der Waals surface area contributed by atoms with Crippen LogP contribution >= 0.6 is 11.3 Å². The highest BCUT2D eigenvalue weighted by atomic mass is 32.1. The van der Waals surface area contributed by atoms with Gasteiger partial charge in [0.15, 0.2) is 0 Å². The number of amides is 1. The van der Waals surface area contributed by atoms with Crippen LogP contribution in [0.5, 0.6) is 0 Å². The predicted molar refractivity (Wildman–Crippen MR) is 81.6 cm³/mol. The van der Waals surface area contributed by atoms with Crippen LogP contribution in [-0.2, 0) is 6.54 Å². The number of nitrogen functional groups attached to an aromatic ring is 1. The number of hydrogen-bond acceptors (Lipinski definition) is 4. The van der Waals surface area contributed by atoms with Crippen molar-refractivity contribution in [1.82, 2.24) is 10.3 Å². The lowest BCUT2D eigenvalue weighted by Gasteiger charge is -2.05. The molecule has 0 bridgehead atoms. The molecule has 3 N–H and O–H groups in total. The van der Waals surface area contributed by atoms with Gasteiger partial charge in [0.1, 0.15) is 15.5 Å². The van der Waals surface area contributed by atoms with Crippen molar-refractivity contribution in [3.63, 3.8) is 0 Å². The average Bonchev–Trinajstić information content (AvgIpc) is 2.84. The number of halogens is 1. The largest absolute Gasteiger partial charge is 0.397 e. The normalized spacial score (nSPS) is 10.7. The number of rotatable bonds is 3. The molecule has 0 aliphatic heterocycles. The van der Waals surface area contributed by atoms with E-state index in [1.54, 1.807) is 30.5 Å². The van der Waals surface area contributed by atoms with Crippen LogP contribution in [-0.4, -0.2) is 10.9 Å². The topological polar surface area (TPSA) is 68.0 Å². The van der Waals surface area contributed by atoms with Crippen molar-refractivity contribution in [2.75, 3.05) is 5.73 Å². The van der Waals surface area contributed by atoms with Crippen molar-refractivity contribution in [2.45, 2.75) is 6.54 Å². The van der Waals surface area contributed by atoms with Gasteiger partial charge in [-0.25, -0.2) is 9.37 Å². The third kappa shape index (κ3) is 2.57. The van der Waals surface area contributed by atoms with Gasteiger partial charge in [0.05, 0.1) is 5.69 Å². The smallest absolute Gasteiger partial charge is 0.263 e. The minimum atomic E-state index is -0.344. The van der Waals surface area contributed by atoms with E-state index in [1.165, 1.54) is 17.4 Å². The Balaban J connectivity index is 1.81. The first-order chi connectivity index (χ1) is 10.2. The second kappa shape index (κ2) is 5.49. The molecule has 21 heavy (non-hydrogen) atoms. The van der Waals surface area contributed by atoms with Crippen LogP contribution in [0.2, 0.25) is 0 Å². The van der Waals surface area contributed by atoms with E-state index >= 15 is 0 Å². The molecule has 0 saturated carbocycles. The molecule has 0 atom stereocenters. The first kappa shape index (κ1) is 13.5. The summed E-state index contributed by atoms with van der Waals surface area (Å²) in [6.45, 7) is 0.118. The van der Waals surface area contributed by atoms with Crippen molar-refractivity contribution >= 4 is 33.1 Å². The number of nitrogens with zero attached hydrogens (tertiary/aromatic N) is 1. The van der Waals surface area contributed by atoms with Gasteiger partial charge in [-0.2, -0.15) is 0 Å². The summed E-state index contributed by atoms with van der Waals surface area (Å²) < 4.78 is 13.5. The number of carbonyl (C=O) groups excluding carboxylic acids is 1. The second-order valence-electron chi connectivity index (χ2n) is 4.48. The average molecular weight is 301 g/mol. The van der Waals surface area contributed by atoms with E-state index < -0.39 is 0 Å². The van der Waals surface area contributed by atoms with Crippen molar-refractivity contribution in [3.05, 3.63) is 58.9 Å². The van der Waals surface area contributed by atoms with E-state index in [-0.39, 0.29) is 18.3 Å². The summed E-state index contributed by atoms with van der Waals surface area (Å²) in [6.07, 6.45) is 1.65. The summed E-state index contributed by atoms with van der Waals surface area (Å²) in [5, 5.41) is 3.44. The summed E-state index contributed by atoms with van der Waals surface area (Å²) >= 11 is 1.23. The van der Waals surface area contributed by atoms with Gasteiger partial charge < -0.3 is 11.1 Å². The van der Waals surface area contributed by atoms with Gasteiger partial charge in [0.2, 0.25) is 0 Å². The molecule has 3 rings (SSSR count). The lowest BCUT2D eigenvalue weighted by molar-refractivity contribution is 0.0955. The summed E-state index contributed by atoms with van der Waals surface area (Å²) in [5.41, 5.74) is 6.82. The fourth-order valence-electron chi connectivity index (χ4n) is 2.02.